The molecule has 0 bridgehead atoms. The van der Waals surface area contributed by atoms with E-state index in [-0.39, 0.29) is 0 Å². The van der Waals surface area contributed by atoms with Crippen LogP contribution in [0.15, 0.2) is 48.3 Å². The number of allylic oxidation sites excluding steroid dienone is 3. The van der Waals surface area contributed by atoms with Crippen molar-refractivity contribution in [2.24, 2.45) is 0 Å². The van der Waals surface area contributed by atoms with E-state index in [0.717, 1.165) is 33.2 Å². The Kier molecular flexibility index (Phi) is 6.98. The fourth-order valence-corrected chi connectivity index (χ4v) is 2.83. The van der Waals surface area contributed by atoms with E-state index in [1.54, 1.807) is 0 Å². The highest BCUT2D eigenvalue weighted by molar-refractivity contribution is 6.31. The van der Waals surface area contributed by atoms with Gasteiger partial charge >= 0.3 is 0 Å². The van der Waals surface area contributed by atoms with Crippen LogP contribution in [0.4, 0.5) is 0 Å². The summed E-state index contributed by atoms with van der Waals surface area (Å²) in [5, 5.41) is 2.79. The molecule has 2 aromatic heterocycles. The summed E-state index contributed by atoms with van der Waals surface area (Å²) in [7, 11) is 0. The van der Waals surface area contributed by atoms with Gasteiger partial charge in [0.05, 0.1) is 5.02 Å². The van der Waals surface area contributed by atoms with Gasteiger partial charge in [0.25, 0.3) is 0 Å². The number of aromatic nitrogens is 2. The highest BCUT2D eigenvalue weighted by atomic mass is 35.5. The van der Waals surface area contributed by atoms with Crippen LogP contribution in [0.1, 0.15) is 37.1 Å². The topological polar surface area (TPSA) is 31.6 Å². The molecule has 0 atom stereocenters. The van der Waals surface area contributed by atoms with Gasteiger partial charge in [-0.1, -0.05) is 47.9 Å². The van der Waals surface area contributed by atoms with Crippen molar-refractivity contribution in [2.45, 2.75) is 34.1 Å². The molecule has 0 aliphatic rings. The zero-order chi connectivity index (χ0) is 18.4. The summed E-state index contributed by atoms with van der Waals surface area (Å²) in [6.45, 7) is 8.28. The predicted molar refractivity (Wildman–Crippen MR) is 112 cm³/mol. The highest BCUT2D eigenvalue weighted by Crippen LogP contribution is 2.21. The molecule has 4 heteroatoms. The van der Waals surface area contributed by atoms with Crippen molar-refractivity contribution in [1.82, 2.24) is 9.97 Å². The quantitative estimate of drug-likeness (QED) is 0.445. The first-order chi connectivity index (χ1) is 12.0. The van der Waals surface area contributed by atoms with Gasteiger partial charge in [0.1, 0.15) is 0 Å². The summed E-state index contributed by atoms with van der Waals surface area (Å²) in [6, 6.07) is 5.85. The van der Waals surface area contributed by atoms with E-state index >= 15 is 0 Å². The molecule has 1 aromatic carbocycles. The molecule has 0 fully saturated rings. The molecule has 3 aromatic rings. The minimum absolute atomic E-state index is 0.792. The number of aryl methyl sites for hydroxylation is 1. The standard InChI is InChI=1S/C12H16ClN.C9H8ClN/c1-4-10(5-2)6-7-12-9(3)11(13)8-14-12;1-6-5-11-9-3-2-7(10)4-8(6)9/h4,6-8,14H,5H2,1-3H3;2-5,11H,1H3/b7-6-,10-4-;. The van der Waals surface area contributed by atoms with Gasteiger partial charge in [-0.3, -0.25) is 0 Å². The summed E-state index contributed by atoms with van der Waals surface area (Å²) in [4.78, 5) is 6.29. The fourth-order valence-electron chi connectivity index (χ4n) is 2.50. The van der Waals surface area contributed by atoms with Crippen molar-refractivity contribution < 1.29 is 0 Å². The van der Waals surface area contributed by atoms with Gasteiger partial charge in [-0.2, -0.15) is 0 Å². The second-order valence-electron chi connectivity index (χ2n) is 5.89. The highest BCUT2D eigenvalue weighted by Gasteiger charge is 2.00. The van der Waals surface area contributed by atoms with E-state index in [2.05, 4.69) is 49.0 Å². The number of hydrogen-bond acceptors (Lipinski definition) is 0. The minimum atomic E-state index is 0.792. The summed E-state index contributed by atoms with van der Waals surface area (Å²) in [5.74, 6) is 0. The molecule has 0 radical (unpaired) electrons. The van der Waals surface area contributed by atoms with Crippen LogP contribution in [0.2, 0.25) is 10.0 Å². The molecule has 0 unspecified atom stereocenters. The normalized spacial score (nSPS) is 11.8. The van der Waals surface area contributed by atoms with Gasteiger partial charge < -0.3 is 9.97 Å². The van der Waals surface area contributed by atoms with Crippen LogP contribution in [0, 0.1) is 13.8 Å². The Balaban J connectivity index is 0.000000185. The second kappa shape index (κ2) is 8.98. The Morgan fingerprint density at radius 2 is 1.88 bits per heavy atom. The van der Waals surface area contributed by atoms with Crippen LogP contribution in [0.25, 0.3) is 17.0 Å². The SMILES string of the molecule is C/C=C(\C=C/c1[nH]cc(Cl)c1C)CC.Cc1c[nH]c2ccc(Cl)cc12. The van der Waals surface area contributed by atoms with E-state index in [4.69, 9.17) is 23.2 Å². The zero-order valence-electron chi connectivity index (χ0n) is 15.1. The van der Waals surface area contributed by atoms with Crippen molar-refractivity contribution in [2.75, 3.05) is 0 Å². The lowest BCUT2D eigenvalue weighted by Crippen LogP contribution is -1.77. The number of benzene rings is 1. The maximum absolute atomic E-state index is 5.93. The first-order valence-electron chi connectivity index (χ1n) is 8.36. The minimum Gasteiger partial charge on any atom is -0.361 e. The Hall–Kier alpha value is -1.90. The molecule has 132 valence electrons. The smallest absolute Gasteiger partial charge is 0.0615 e. The molecule has 25 heavy (non-hydrogen) atoms. The van der Waals surface area contributed by atoms with Gasteiger partial charge in [-0.25, -0.2) is 0 Å². The monoisotopic (exact) mass is 374 g/mol. The average molecular weight is 375 g/mol. The van der Waals surface area contributed by atoms with E-state index in [1.807, 2.05) is 37.5 Å². The maximum atomic E-state index is 5.93. The van der Waals surface area contributed by atoms with Crippen LogP contribution in [-0.2, 0) is 0 Å². The van der Waals surface area contributed by atoms with Gasteiger partial charge in [-0.15, -0.1) is 0 Å². The fraction of sp³-hybridized carbons (Fsp3) is 0.238. The number of fused-ring (bicyclic) bond motifs is 1. The molecule has 2 nitrogen and oxygen atoms in total. The van der Waals surface area contributed by atoms with Gasteiger partial charge in [-0.05, 0) is 62.6 Å². The molecule has 2 N–H and O–H groups in total. The van der Waals surface area contributed by atoms with Crippen molar-refractivity contribution >= 4 is 40.2 Å². The number of rotatable bonds is 3. The predicted octanol–water partition coefficient (Wildman–Crippen LogP) is 7.48. The molecular formula is C21H24Cl2N2. The van der Waals surface area contributed by atoms with Crippen LogP contribution in [0.5, 0.6) is 0 Å². The zero-order valence-corrected chi connectivity index (χ0v) is 16.6. The molecule has 3 rings (SSSR count). The van der Waals surface area contributed by atoms with Crippen LogP contribution in [-0.4, -0.2) is 9.97 Å². The lowest BCUT2D eigenvalue weighted by molar-refractivity contribution is 1.14. The largest absolute Gasteiger partial charge is 0.361 e. The summed E-state index contributed by atoms with van der Waals surface area (Å²) in [6.07, 6.45) is 11.2. The lowest BCUT2D eigenvalue weighted by Gasteiger charge is -1.95. The molecular weight excluding hydrogens is 351 g/mol. The first-order valence-corrected chi connectivity index (χ1v) is 9.11. The Bertz CT molecular complexity index is 898. The lowest BCUT2D eigenvalue weighted by atomic mass is 10.1. The van der Waals surface area contributed by atoms with Crippen LogP contribution < -0.4 is 0 Å². The molecule has 2 heterocycles. The first kappa shape index (κ1) is 19.4. The van der Waals surface area contributed by atoms with E-state index in [9.17, 15) is 0 Å². The van der Waals surface area contributed by atoms with Gasteiger partial charge in [0.15, 0.2) is 0 Å². The van der Waals surface area contributed by atoms with E-state index < -0.39 is 0 Å². The molecule has 0 amide bonds. The van der Waals surface area contributed by atoms with Crippen molar-refractivity contribution in [3.8, 4) is 0 Å². The average Bonchev–Trinajstić information content (AvgIpc) is 3.13. The third kappa shape index (κ3) is 5.04. The van der Waals surface area contributed by atoms with Crippen molar-refractivity contribution in [3.63, 3.8) is 0 Å². The molecule has 0 aliphatic heterocycles. The molecule has 0 spiro atoms. The van der Waals surface area contributed by atoms with Gasteiger partial charge in [0, 0.05) is 34.0 Å². The van der Waals surface area contributed by atoms with Crippen molar-refractivity contribution in [1.29, 1.82) is 0 Å². The van der Waals surface area contributed by atoms with Crippen molar-refractivity contribution in [3.05, 3.63) is 75.2 Å². The van der Waals surface area contributed by atoms with Crippen LogP contribution in [0.3, 0.4) is 0 Å². The number of hydrogen-bond donors (Lipinski definition) is 2. The third-order valence-electron chi connectivity index (χ3n) is 4.21. The summed E-state index contributed by atoms with van der Waals surface area (Å²) >= 11 is 11.8. The van der Waals surface area contributed by atoms with E-state index in [0.29, 0.717) is 0 Å². The van der Waals surface area contributed by atoms with Crippen LogP contribution >= 0.6 is 23.2 Å². The molecule has 0 aliphatic carbocycles. The molecule has 0 saturated carbocycles. The Morgan fingerprint density at radius 3 is 2.48 bits per heavy atom. The maximum Gasteiger partial charge on any atom is 0.0615 e. The Morgan fingerprint density at radius 1 is 1.12 bits per heavy atom. The Labute approximate surface area is 159 Å². The number of nitrogens with one attached hydrogen (secondary N) is 2. The number of halogens is 2. The van der Waals surface area contributed by atoms with E-state index in [1.165, 1.54) is 16.5 Å². The second-order valence-corrected chi connectivity index (χ2v) is 6.73. The third-order valence-corrected chi connectivity index (χ3v) is 4.84. The summed E-state index contributed by atoms with van der Waals surface area (Å²) < 4.78 is 0. The van der Waals surface area contributed by atoms with Gasteiger partial charge in [0.2, 0.25) is 0 Å². The molecule has 0 saturated heterocycles. The summed E-state index contributed by atoms with van der Waals surface area (Å²) in [5.41, 5.74) is 5.90. The number of H-pyrrole nitrogens is 2. The number of aromatic amines is 2.